The number of rotatable bonds is 4. The Labute approximate surface area is 155 Å². The zero-order valence-electron chi connectivity index (χ0n) is 14.3. The highest BCUT2D eigenvalue weighted by Gasteiger charge is 2.09. The molecule has 0 saturated carbocycles. The lowest BCUT2D eigenvalue weighted by Crippen LogP contribution is -2.17. The van der Waals surface area contributed by atoms with Gasteiger partial charge in [0, 0.05) is 16.7 Å². The van der Waals surface area contributed by atoms with Gasteiger partial charge in [-0.15, -0.1) is 0 Å². The molecule has 0 aliphatic carbocycles. The summed E-state index contributed by atoms with van der Waals surface area (Å²) < 4.78 is 0. The summed E-state index contributed by atoms with van der Waals surface area (Å²) in [5.41, 5.74) is 5.97. The molecule has 27 heavy (non-hydrogen) atoms. The number of hydrazone groups is 1. The van der Waals surface area contributed by atoms with Crippen molar-refractivity contribution < 1.29 is 9.90 Å². The zero-order chi connectivity index (χ0) is 18.6. The molecule has 0 atom stereocenters. The molecule has 0 aliphatic heterocycles. The quantitative estimate of drug-likeness (QED) is 0.385. The highest BCUT2D eigenvalue weighted by molar-refractivity contribution is 5.98. The van der Waals surface area contributed by atoms with Crippen LogP contribution < -0.4 is 5.43 Å². The average Bonchev–Trinajstić information content (AvgIpc) is 3.13. The van der Waals surface area contributed by atoms with Gasteiger partial charge in [-0.2, -0.15) is 5.10 Å². The third-order valence-electron chi connectivity index (χ3n) is 4.10. The first-order valence-corrected chi connectivity index (χ1v) is 8.37. The van der Waals surface area contributed by atoms with Crippen LogP contribution >= 0.6 is 0 Å². The van der Waals surface area contributed by atoms with Crippen molar-refractivity contribution in [2.75, 3.05) is 0 Å². The van der Waals surface area contributed by atoms with E-state index in [-0.39, 0.29) is 11.7 Å². The van der Waals surface area contributed by atoms with Gasteiger partial charge in [0.25, 0.3) is 5.91 Å². The first-order valence-electron chi connectivity index (χ1n) is 8.37. The largest absolute Gasteiger partial charge is 0.507 e. The molecule has 132 valence electrons. The Kier molecular flexibility index (Phi) is 4.37. The van der Waals surface area contributed by atoms with Crippen molar-refractivity contribution in [2.24, 2.45) is 5.10 Å². The number of H-pyrrole nitrogens is 1. The fraction of sp³-hybridized carbons (Fsp3) is 0. The Morgan fingerprint density at radius 2 is 1.81 bits per heavy atom. The van der Waals surface area contributed by atoms with Crippen LogP contribution in [0.3, 0.4) is 0 Å². The van der Waals surface area contributed by atoms with E-state index in [0.29, 0.717) is 11.1 Å². The predicted octanol–water partition coefficient (Wildman–Crippen LogP) is 3.70. The van der Waals surface area contributed by atoms with E-state index in [4.69, 9.17) is 0 Å². The molecule has 6 nitrogen and oxygen atoms in total. The van der Waals surface area contributed by atoms with Crippen molar-refractivity contribution in [3.05, 3.63) is 83.9 Å². The van der Waals surface area contributed by atoms with Crippen LogP contribution in [0.15, 0.2) is 77.9 Å². The summed E-state index contributed by atoms with van der Waals surface area (Å²) in [4.78, 5) is 20.1. The maximum atomic E-state index is 12.3. The fourth-order valence-electron chi connectivity index (χ4n) is 2.71. The number of phenolic OH excluding ortho intramolecular Hbond substituents is 1. The minimum atomic E-state index is -0.348. The minimum absolute atomic E-state index is 0.0998. The average molecular weight is 356 g/mol. The third-order valence-corrected chi connectivity index (χ3v) is 4.10. The van der Waals surface area contributed by atoms with E-state index in [0.717, 1.165) is 22.4 Å². The molecular weight excluding hydrogens is 340 g/mol. The number of phenols is 1. The molecule has 1 heterocycles. The number of aromatic hydroxyl groups is 1. The van der Waals surface area contributed by atoms with Crippen LogP contribution in [-0.4, -0.2) is 27.2 Å². The molecule has 0 radical (unpaired) electrons. The van der Waals surface area contributed by atoms with Gasteiger partial charge in [-0.3, -0.25) is 4.79 Å². The van der Waals surface area contributed by atoms with Crippen LogP contribution in [0.25, 0.3) is 22.4 Å². The highest BCUT2D eigenvalue weighted by atomic mass is 16.3. The summed E-state index contributed by atoms with van der Waals surface area (Å²) in [5.74, 6) is 0.503. The van der Waals surface area contributed by atoms with Gasteiger partial charge in [-0.25, -0.2) is 10.4 Å². The molecule has 0 spiro atoms. The molecule has 0 saturated heterocycles. The number of nitrogens with zero attached hydrogens (tertiary/aromatic N) is 2. The van der Waals surface area contributed by atoms with E-state index in [1.165, 1.54) is 6.21 Å². The Balaban J connectivity index is 1.53. The summed E-state index contributed by atoms with van der Waals surface area (Å²) in [5, 5.41) is 13.6. The van der Waals surface area contributed by atoms with Crippen LogP contribution in [0.4, 0.5) is 0 Å². The molecule has 0 aliphatic rings. The number of hydrogen-bond acceptors (Lipinski definition) is 4. The minimum Gasteiger partial charge on any atom is -0.507 e. The van der Waals surface area contributed by atoms with E-state index in [2.05, 4.69) is 20.5 Å². The maximum absolute atomic E-state index is 12.3. The molecule has 1 amide bonds. The second kappa shape index (κ2) is 7.13. The monoisotopic (exact) mass is 356 g/mol. The zero-order valence-corrected chi connectivity index (χ0v) is 14.3. The van der Waals surface area contributed by atoms with Crippen LogP contribution in [0.2, 0.25) is 0 Å². The second-order valence-corrected chi connectivity index (χ2v) is 5.94. The molecular formula is C21H16N4O2. The normalized spacial score (nSPS) is 11.1. The summed E-state index contributed by atoms with van der Waals surface area (Å²) in [6, 6.07) is 21.8. The predicted molar refractivity (Wildman–Crippen MR) is 105 cm³/mol. The Hall–Kier alpha value is -3.93. The number of fused-ring (bicyclic) bond motifs is 1. The van der Waals surface area contributed by atoms with Gasteiger partial charge in [-0.1, -0.05) is 42.5 Å². The lowest BCUT2D eigenvalue weighted by atomic mass is 10.2. The summed E-state index contributed by atoms with van der Waals surface area (Å²) in [7, 11) is 0. The molecule has 1 aromatic heterocycles. The number of aromatic amines is 1. The molecule has 0 fully saturated rings. The number of carbonyl (C=O) groups is 1. The van der Waals surface area contributed by atoms with E-state index in [1.54, 1.807) is 42.5 Å². The van der Waals surface area contributed by atoms with Crippen LogP contribution in [-0.2, 0) is 0 Å². The van der Waals surface area contributed by atoms with Gasteiger partial charge in [0.2, 0.25) is 0 Å². The molecule has 0 bridgehead atoms. The summed E-state index contributed by atoms with van der Waals surface area (Å²) in [6.07, 6.45) is 1.40. The van der Waals surface area contributed by atoms with Crippen molar-refractivity contribution in [3.8, 4) is 17.1 Å². The first-order chi connectivity index (χ1) is 13.2. The van der Waals surface area contributed by atoms with Crippen LogP contribution in [0.5, 0.6) is 5.75 Å². The van der Waals surface area contributed by atoms with Crippen molar-refractivity contribution >= 4 is 23.2 Å². The van der Waals surface area contributed by atoms with Crippen LogP contribution in [0, 0.1) is 0 Å². The standard InChI is InChI=1S/C21H16N4O2/c26-19-9-5-4-8-16(19)13-22-25-21(27)15-10-11-17-18(12-15)24-20(23-17)14-6-2-1-3-7-14/h1-13,26H,(H,23,24)(H,25,27)/b22-13+. The van der Waals surface area contributed by atoms with E-state index in [9.17, 15) is 9.90 Å². The number of hydrogen-bond donors (Lipinski definition) is 3. The number of benzene rings is 3. The number of carbonyl (C=O) groups excluding carboxylic acids is 1. The van der Waals surface area contributed by atoms with Gasteiger partial charge in [-0.05, 0) is 30.3 Å². The van der Waals surface area contributed by atoms with Gasteiger partial charge < -0.3 is 10.1 Å². The first kappa shape index (κ1) is 16.5. The van der Waals surface area contributed by atoms with Gasteiger partial charge in [0.15, 0.2) is 0 Å². The lowest BCUT2D eigenvalue weighted by molar-refractivity contribution is 0.0955. The van der Waals surface area contributed by atoms with E-state index in [1.807, 2.05) is 30.3 Å². The second-order valence-electron chi connectivity index (χ2n) is 5.94. The Morgan fingerprint density at radius 3 is 2.63 bits per heavy atom. The molecule has 3 aromatic carbocycles. The Morgan fingerprint density at radius 1 is 1.04 bits per heavy atom. The highest BCUT2D eigenvalue weighted by Crippen LogP contribution is 2.21. The number of para-hydroxylation sites is 1. The maximum Gasteiger partial charge on any atom is 0.271 e. The van der Waals surface area contributed by atoms with Gasteiger partial charge in [0.05, 0.1) is 17.2 Å². The summed E-state index contributed by atoms with van der Waals surface area (Å²) >= 11 is 0. The number of imidazole rings is 1. The topological polar surface area (TPSA) is 90.4 Å². The number of amides is 1. The van der Waals surface area contributed by atoms with Crippen molar-refractivity contribution in [1.82, 2.24) is 15.4 Å². The van der Waals surface area contributed by atoms with Crippen LogP contribution in [0.1, 0.15) is 15.9 Å². The molecule has 4 aromatic rings. The van der Waals surface area contributed by atoms with Gasteiger partial charge in [0.1, 0.15) is 11.6 Å². The third kappa shape index (κ3) is 3.55. The van der Waals surface area contributed by atoms with E-state index < -0.39 is 0 Å². The molecule has 0 unspecified atom stereocenters. The number of aromatic nitrogens is 2. The van der Waals surface area contributed by atoms with Crippen molar-refractivity contribution in [2.45, 2.75) is 0 Å². The fourth-order valence-corrected chi connectivity index (χ4v) is 2.71. The van der Waals surface area contributed by atoms with Crippen molar-refractivity contribution in [3.63, 3.8) is 0 Å². The smallest absolute Gasteiger partial charge is 0.271 e. The van der Waals surface area contributed by atoms with Gasteiger partial charge >= 0.3 is 0 Å². The van der Waals surface area contributed by atoms with Crippen molar-refractivity contribution in [1.29, 1.82) is 0 Å². The lowest BCUT2D eigenvalue weighted by Gasteiger charge is -2.00. The summed E-state index contributed by atoms with van der Waals surface area (Å²) in [6.45, 7) is 0. The Bertz CT molecular complexity index is 1130. The molecule has 3 N–H and O–H groups in total. The SMILES string of the molecule is O=C(N/N=C/c1ccccc1O)c1ccc2nc(-c3ccccc3)[nH]c2c1. The van der Waals surface area contributed by atoms with E-state index >= 15 is 0 Å². The number of nitrogens with one attached hydrogen (secondary N) is 2. The molecule has 6 heteroatoms. The molecule has 4 rings (SSSR count).